The molecule has 5 rings (SSSR count). The molecule has 4 aromatic rings. The average Bonchev–Trinajstić information content (AvgIpc) is 3.14. The van der Waals surface area contributed by atoms with E-state index in [0.717, 1.165) is 11.1 Å². The number of carbonyl (C=O) groups excluding carboxylic acids is 1. The van der Waals surface area contributed by atoms with Crippen molar-refractivity contribution in [1.29, 1.82) is 0 Å². The topological polar surface area (TPSA) is 79.7 Å². The van der Waals surface area contributed by atoms with Crippen molar-refractivity contribution in [2.45, 2.75) is 24.9 Å². The lowest BCUT2D eigenvalue weighted by atomic mass is 10.0. The summed E-state index contributed by atoms with van der Waals surface area (Å²) >= 11 is -1.84. The minimum absolute atomic E-state index is 0.0826. The molecule has 0 radical (unpaired) electrons. The van der Waals surface area contributed by atoms with Crippen molar-refractivity contribution in [3.63, 3.8) is 0 Å². The van der Waals surface area contributed by atoms with Crippen LogP contribution in [0.2, 0.25) is 0 Å². The first kappa shape index (κ1) is 21.1. The quantitative estimate of drug-likeness (QED) is 0.467. The van der Waals surface area contributed by atoms with E-state index in [1.165, 1.54) is 23.2 Å². The normalized spacial score (nSPS) is 13.9. The van der Waals surface area contributed by atoms with Crippen molar-refractivity contribution in [2.24, 2.45) is 0 Å². The van der Waals surface area contributed by atoms with Crippen LogP contribution in [0.1, 0.15) is 27.0 Å². The number of halogens is 1. The fraction of sp³-hybridized carbons (Fsp3) is 0.120. The molecule has 1 aliphatic heterocycles. The lowest BCUT2D eigenvalue weighted by Crippen LogP contribution is -2.23. The van der Waals surface area contributed by atoms with E-state index in [1.807, 2.05) is 19.1 Å². The zero-order chi connectivity index (χ0) is 23.1. The zero-order valence-corrected chi connectivity index (χ0v) is 18.4. The highest BCUT2D eigenvalue weighted by atomic mass is 32.2. The van der Waals surface area contributed by atoms with Crippen LogP contribution in [-0.2, 0) is 24.2 Å². The van der Waals surface area contributed by atoms with E-state index in [2.05, 4.69) is 4.98 Å². The minimum atomic E-state index is -1.84. The van der Waals surface area contributed by atoms with Crippen molar-refractivity contribution in [1.82, 2.24) is 9.88 Å². The van der Waals surface area contributed by atoms with Gasteiger partial charge in [0.15, 0.2) is 11.5 Å². The van der Waals surface area contributed by atoms with Crippen molar-refractivity contribution in [3.8, 4) is 11.5 Å². The van der Waals surface area contributed by atoms with Crippen LogP contribution >= 0.6 is 0 Å². The number of aromatic hydroxyl groups is 1. The third-order valence-electron chi connectivity index (χ3n) is 5.60. The summed E-state index contributed by atoms with van der Waals surface area (Å²) in [6, 6.07) is 16.4. The molecule has 0 spiro atoms. The van der Waals surface area contributed by atoms with Gasteiger partial charge >= 0.3 is 0 Å². The molecule has 0 fully saturated rings. The van der Waals surface area contributed by atoms with E-state index in [9.17, 15) is 18.5 Å². The van der Waals surface area contributed by atoms with Gasteiger partial charge in [-0.25, -0.2) is 8.60 Å². The molecule has 1 aliphatic rings. The van der Waals surface area contributed by atoms with E-state index in [1.54, 1.807) is 36.4 Å². The van der Waals surface area contributed by atoms with Gasteiger partial charge < -0.3 is 14.2 Å². The molecule has 2 heterocycles. The van der Waals surface area contributed by atoms with Gasteiger partial charge in [0.1, 0.15) is 11.3 Å². The number of hydrogen-bond donors (Lipinski definition) is 1. The van der Waals surface area contributed by atoms with Crippen LogP contribution in [0.3, 0.4) is 0 Å². The summed E-state index contributed by atoms with van der Waals surface area (Å²) in [7, 11) is 0. The second-order valence-corrected chi connectivity index (χ2v) is 8.96. The molecule has 0 bridgehead atoms. The first-order valence-electron chi connectivity index (χ1n) is 10.3. The molecule has 1 amide bonds. The highest BCUT2D eigenvalue weighted by Gasteiger charge is 2.36. The number of amides is 1. The van der Waals surface area contributed by atoms with Gasteiger partial charge in [0.05, 0.1) is 17.0 Å². The fourth-order valence-corrected chi connectivity index (χ4v) is 4.72. The summed E-state index contributed by atoms with van der Waals surface area (Å²) in [6.07, 6.45) is 1.50. The third kappa shape index (κ3) is 3.82. The summed E-state index contributed by atoms with van der Waals surface area (Å²) in [6.45, 7) is 2.29. The summed E-state index contributed by atoms with van der Waals surface area (Å²) in [5.41, 5.74) is 2.49. The lowest BCUT2D eigenvalue weighted by molar-refractivity contribution is 0.0764. The number of rotatable bonds is 5. The number of pyridine rings is 1. The number of benzene rings is 3. The molecule has 0 aliphatic carbocycles. The van der Waals surface area contributed by atoms with Gasteiger partial charge in [-0.2, -0.15) is 0 Å². The Morgan fingerprint density at radius 3 is 2.58 bits per heavy atom. The second-order valence-electron chi connectivity index (χ2n) is 7.85. The molecular weight excluding hydrogens is 443 g/mol. The lowest BCUT2D eigenvalue weighted by Gasteiger charge is -2.16. The summed E-state index contributed by atoms with van der Waals surface area (Å²) < 4.78 is 32.2. The molecular formula is C25H19FN2O4S. The van der Waals surface area contributed by atoms with Crippen LogP contribution in [0.5, 0.6) is 11.5 Å². The minimum Gasteiger partial charge on any atom is -0.505 e. The van der Waals surface area contributed by atoms with E-state index in [-0.39, 0.29) is 41.5 Å². The molecule has 33 heavy (non-hydrogen) atoms. The van der Waals surface area contributed by atoms with Crippen molar-refractivity contribution >= 4 is 27.9 Å². The van der Waals surface area contributed by atoms with Crippen LogP contribution in [-0.4, -0.2) is 25.1 Å². The molecule has 1 N–H and O–H groups in total. The zero-order valence-electron chi connectivity index (χ0n) is 17.6. The fourth-order valence-electron chi connectivity index (χ4n) is 3.92. The number of carbonyl (C=O) groups is 1. The number of hydrogen-bond acceptors (Lipinski definition) is 5. The summed E-state index contributed by atoms with van der Waals surface area (Å²) in [4.78, 5) is 19.4. The number of nitrogens with zero attached hydrogens (tertiary/aromatic N) is 2. The number of fused-ring (bicyclic) bond motifs is 2. The van der Waals surface area contributed by atoms with E-state index in [0.29, 0.717) is 15.8 Å². The van der Waals surface area contributed by atoms with E-state index in [4.69, 9.17) is 4.18 Å². The average molecular weight is 463 g/mol. The monoisotopic (exact) mass is 462 g/mol. The molecule has 6 nitrogen and oxygen atoms in total. The second kappa shape index (κ2) is 8.29. The molecule has 3 aromatic carbocycles. The highest BCUT2D eigenvalue weighted by Crippen LogP contribution is 2.44. The molecule has 1 unspecified atom stereocenters. The summed E-state index contributed by atoms with van der Waals surface area (Å²) in [5, 5.41) is 11.3. The molecule has 1 atom stereocenters. The molecule has 166 valence electrons. The van der Waals surface area contributed by atoms with Gasteiger partial charge in [0, 0.05) is 23.7 Å². The largest absolute Gasteiger partial charge is 0.505 e. The Morgan fingerprint density at radius 2 is 1.85 bits per heavy atom. The predicted octanol–water partition coefficient (Wildman–Crippen LogP) is 4.65. The number of aryl methyl sites for hydroxylation is 1. The Balaban J connectivity index is 1.57. The maximum atomic E-state index is 13.3. The van der Waals surface area contributed by atoms with Crippen LogP contribution in [0.15, 0.2) is 71.8 Å². The third-order valence-corrected chi connectivity index (χ3v) is 6.57. The van der Waals surface area contributed by atoms with Crippen molar-refractivity contribution < 1.29 is 22.7 Å². The Bertz CT molecular complexity index is 1410. The first-order valence-corrected chi connectivity index (χ1v) is 11.3. The Morgan fingerprint density at radius 1 is 1.12 bits per heavy atom. The van der Waals surface area contributed by atoms with Gasteiger partial charge in [-0.1, -0.05) is 29.8 Å². The maximum absolute atomic E-state index is 13.3. The molecule has 8 heteroatoms. The van der Waals surface area contributed by atoms with Gasteiger partial charge in [-0.15, -0.1) is 0 Å². The SMILES string of the molecule is Cc1ccc(S(=O)Oc2c3c(c(O)c4ncccc24)C(=O)N(Cc2ccc(F)cc2)C3)cc1. The van der Waals surface area contributed by atoms with E-state index >= 15 is 0 Å². The number of phenolic OH excluding ortho intramolecular Hbond substituents is 1. The predicted molar refractivity (Wildman–Crippen MR) is 122 cm³/mol. The number of phenols is 1. The Hall–Kier alpha value is -3.78. The molecule has 0 saturated carbocycles. The molecule has 0 saturated heterocycles. The maximum Gasteiger partial charge on any atom is 0.258 e. The highest BCUT2D eigenvalue weighted by molar-refractivity contribution is 7.80. The van der Waals surface area contributed by atoms with Crippen LogP contribution < -0.4 is 4.18 Å². The first-order chi connectivity index (χ1) is 15.9. The standard InChI is InChI=1S/C25H19FN2O4S/c1-15-4-10-18(11-5-15)33(31)32-24-19-3-2-12-27-22(19)23(29)21-20(24)14-28(25(21)30)13-16-6-8-17(26)9-7-16/h2-12,29H,13-14H2,1H3. The van der Waals surface area contributed by atoms with Crippen molar-refractivity contribution in [3.05, 3.63) is 94.9 Å². The Kier molecular flexibility index (Phi) is 5.30. The van der Waals surface area contributed by atoms with Crippen LogP contribution in [0.4, 0.5) is 4.39 Å². The molecule has 1 aromatic heterocycles. The van der Waals surface area contributed by atoms with Crippen LogP contribution in [0, 0.1) is 12.7 Å². The van der Waals surface area contributed by atoms with Crippen LogP contribution in [0.25, 0.3) is 10.9 Å². The van der Waals surface area contributed by atoms with Gasteiger partial charge in [0.25, 0.3) is 5.91 Å². The van der Waals surface area contributed by atoms with Crippen molar-refractivity contribution in [2.75, 3.05) is 0 Å². The van der Waals surface area contributed by atoms with Gasteiger partial charge in [-0.05, 0) is 48.9 Å². The Labute approximate surface area is 191 Å². The summed E-state index contributed by atoms with van der Waals surface area (Å²) in [5.74, 6) is -0.746. The number of aromatic nitrogens is 1. The van der Waals surface area contributed by atoms with Gasteiger partial charge in [-0.3, -0.25) is 9.78 Å². The van der Waals surface area contributed by atoms with Gasteiger partial charge in [0.2, 0.25) is 11.1 Å². The van der Waals surface area contributed by atoms with E-state index < -0.39 is 17.0 Å². The smallest absolute Gasteiger partial charge is 0.258 e.